The highest BCUT2D eigenvalue weighted by Crippen LogP contribution is 2.19. The second-order valence-corrected chi connectivity index (χ2v) is 6.86. The van der Waals surface area contributed by atoms with Gasteiger partial charge in [0, 0.05) is 26.1 Å². The summed E-state index contributed by atoms with van der Waals surface area (Å²) >= 11 is 0. The fourth-order valence-corrected chi connectivity index (χ4v) is 3.26. The topological polar surface area (TPSA) is 52.7 Å². The number of hydrogen-bond acceptors (Lipinski definition) is 3. The van der Waals surface area contributed by atoms with Gasteiger partial charge in [-0.15, -0.1) is 0 Å². The van der Waals surface area contributed by atoms with Crippen molar-refractivity contribution < 1.29 is 9.59 Å². The summed E-state index contributed by atoms with van der Waals surface area (Å²) in [5.41, 5.74) is 2.34. The van der Waals surface area contributed by atoms with Crippen LogP contribution in [0.5, 0.6) is 0 Å². The van der Waals surface area contributed by atoms with E-state index in [0.717, 1.165) is 37.9 Å². The molecule has 1 fully saturated rings. The molecule has 0 radical (unpaired) electrons. The van der Waals surface area contributed by atoms with Crippen molar-refractivity contribution in [2.45, 2.75) is 58.7 Å². The molecule has 1 saturated heterocycles. The van der Waals surface area contributed by atoms with Gasteiger partial charge in [0.05, 0.1) is 0 Å². The molecule has 0 bridgehead atoms. The van der Waals surface area contributed by atoms with Gasteiger partial charge in [-0.3, -0.25) is 9.59 Å². The van der Waals surface area contributed by atoms with Gasteiger partial charge < -0.3 is 15.1 Å². The predicted octanol–water partition coefficient (Wildman–Crippen LogP) is 2.55. The molecule has 1 aliphatic heterocycles. The second kappa shape index (κ2) is 9.56. The number of nitrogens with zero attached hydrogens (tertiary/aromatic N) is 2. The van der Waals surface area contributed by atoms with Crippen LogP contribution in [0.3, 0.4) is 0 Å². The zero-order chi connectivity index (χ0) is 18.2. The van der Waals surface area contributed by atoms with Crippen molar-refractivity contribution in [2.75, 3.05) is 20.1 Å². The van der Waals surface area contributed by atoms with E-state index in [2.05, 4.69) is 36.3 Å². The van der Waals surface area contributed by atoms with E-state index in [-0.39, 0.29) is 17.9 Å². The molecule has 5 nitrogen and oxygen atoms in total. The van der Waals surface area contributed by atoms with Crippen LogP contribution in [0.25, 0.3) is 0 Å². The highest BCUT2D eigenvalue weighted by atomic mass is 16.2. The number of hydrogen-bond donors (Lipinski definition) is 1. The van der Waals surface area contributed by atoms with Gasteiger partial charge >= 0.3 is 0 Å². The van der Waals surface area contributed by atoms with Gasteiger partial charge in [0.2, 0.25) is 11.8 Å². The number of benzene rings is 1. The number of likely N-dealkylation sites (tertiary alicyclic amines) is 1. The largest absolute Gasteiger partial charge is 0.350 e. The normalized spacial score (nSPS) is 17.1. The summed E-state index contributed by atoms with van der Waals surface area (Å²) in [6.45, 7) is 7.25. The lowest BCUT2D eigenvalue weighted by Gasteiger charge is -2.24. The second-order valence-electron chi connectivity index (χ2n) is 6.86. The minimum Gasteiger partial charge on any atom is -0.350 e. The molecule has 0 saturated carbocycles. The molecular formula is C20H31N3O2. The Hall–Kier alpha value is -1.88. The molecule has 138 valence electrons. The molecule has 0 aliphatic carbocycles. The number of rotatable bonds is 8. The first kappa shape index (κ1) is 19.4. The van der Waals surface area contributed by atoms with Gasteiger partial charge in [0.25, 0.3) is 0 Å². The zero-order valence-corrected chi connectivity index (χ0v) is 15.8. The molecule has 1 aromatic carbocycles. The van der Waals surface area contributed by atoms with Crippen molar-refractivity contribution in [2.24, 2.45) is 0 Å². The summed E-state index contributed by atoms with van der Waals surface area (Å²) < 4.78 is 0. The van der Waals surface area contributed by atoms with Gasteiger partial charge in [-0.1, -0.05) is 38.1 Å². The number of carbonyl (C=O) groups is 2. The standard InChI is InChI=1S/C20H31N3O2/c1-4-8-19(24)23-12-7-11-18(23)20(25)21-14-16-9-6-10-17(13-16)15-22(3)5-2/h6,9-10,13,18H,4-5,7-8,11-12,14-15H2,1-3H3,(H,21,25)/t18-/m0/s1. The third kappa shape index (κ3) is 5.56. The van der Waals surface area contributed by atoms with E-state index < -0.39 is 0 Å². The van der Waals surface area contributed by atoms with Crippen LogP contribution in [0.1, 0.15) is 50.7 Å². The minimum absolute atomic E-state index is 0.0296. The maximum absolute atomic E-state index is 12.5. The highest BCUT2D eigenvalue weighted by molar-refractivity contribution is 5.88. The molecule has 2 amide bonds. The SMILES string of the molecule is CCCC(=O)N1CCC[C@H]1C(=O)NCc1cccc(CN(C)CC)c1. The number of amides is 2. The summed E-state index contributed by atoms with van der Waals surface area (Å²) in [6.07, 6.45) is 3.02. The summed E-state index contributed by atoms with van der Waals surface area (Å²) in [7, 11) is 2.09. The van der Waals surface area contributed by atoms with E-state index in [4.69, 9.17) is 0 Å². The molecule has 0 aromatic heterocycles. The summed E-state index contributed by atoms with van der Waals surface area (Å²) in [6, 6.07) is 8.02. The zero-order valence-electron chi connectivity index (χ0n) is 15.8. The smallest absolute Gasteiger partial charge is 0.243 e. The van der Waals surface area contributed by atoms with Gasteiger partial charge in [-0.05, 0) is 44.0 Å². The Kier molecular flexibility index (Phi) is 7.44. The summed E-state index contributed by atoms with van der Waals surface area (Å²) in [5.74, 6) is 0.0720. The van der Waals surface area contributed by atoms with Crippen molar-refractivity contribution in [1.29, 1.82) is 0 Å². The Balaban J connectivity index is 1.91. The van der Waals surface area contributed by atoms with Gasteiger partial charge in [-0.25, -0.2) is 0 Å². The number of carbonyl (C=O) groups excluding carboxylic acids is 2. The first-order chi connectivity index (χ1) is 12.0. The van der Waals surface area contributed by atoms with Crippen LogP contribution in [0.4, 0.5) is 0 Å². The fraction of sp³-hybridized carbons (Fsp3) is 0.600. The van der Waals surface area contributed by atoms with Crippen molar-refractivity contribution in [3.05, 3.63) is 35.4 Å². The monoisotopic (exact) mass is 345 g/mol. The Morgan fingerprint density at radius 3 is 2.76 bits per heavy atom. The fourth-order valence-electron chi connectivity index (χ4n) is 3.26. The first-order valence-electron chi connectivity index (χ1n) is 9.38. The van der Waals surface area contributed by atoms with Crippen LogP contribution in [0.2, 0.25) is 0 Å². The van der Waals surface area contributed by atoms with Crippen molar-refractivity contribution in [1.82, 2.24) is 15.1 Å². The van der Waals surface area contributed by atoms with E-state index >= 15 is 0 Å². The van der Waals surface area contributed by atoms with Crippen LogP contribution in [0.15, 0.2) is 24.3 Å². The average Bonchev–Trinajstić information content (AvgIpc) is 3.10. The molecule has 0 unspecified atom stereocenters. The molecule has 1 aliphatic rings. The lowest BCUT2D eigenvalue weighted by atomic mass is 10.1. The molecule has 1 N–H and O–H groups in total. The Morgan fingerprint density at radius 1 is 1.28 bits per heavy atom. The Labute approximate surface area is 151 Å². The summed E-state index contributed by atoms with van der Waals surface area (Å²) in [5, 5.41) is 3.02. The molecule has 1 aromatic rings. The third-order valence-corrected chi connectivity index (χ3v) is 4.79. The van der Waals surface area contributed by atoms with Crippen LogP contribution in [0, 0.1) is 0 Å². The van der Waals surface area contributed by atoms with Crippen LogP contribution in [-0.4, -0.2) is 47.8 Å². The first-order valence-corrected chi connectivity index (χ1v) is 9.38. The van der Waals surface area contributed by atoms with Crippen molar-refractivity contribution >= 4 is 11.8 Å². The molecule has 1 atom stereocenters. The highest BCUT2D eigenvalue weighted by Gasteiger charge is 2.33. The maximum atomic E-state index is 12.5. The van der Waals surface area contributed by atoms with E-state index in [1.54, 1.807) is 4.90 Å². The van der Waals surface area contributed by atoms with Crippen molar-refractivity contribution in [3.8, 4) is 0 Å². The van der Waals surface area contributed by atoms with Gasteiger partial charge in [-0.2, -0.15) is 0 Å². The van der Waals surface area contributed by atoms with E-state index in [0.29, 0.717) is 19.5 Å². The van der Waals surface area contributed by atoms with E-state index in [9.17, 15) is 9.59 Å². The third-order valence-electron chi connectivity index (χ3n) is 4.79. The van der Waals surface area contributed by atoms with Crippen molar-refractivity contribution in [3.63, 3.8) is 0 Å². The van der Waals surface area contributed by atoms with Gasteiger partial charge in [0.15, 0.2) is 0 Å². The Bertz CT molecular complexity index is 588. The van der Waals surface area contributed by atoms with E-state index in [1.165, 1.54) is 5.56 Å². The lowest BCUT2D eigenvalue weighted by Crippen LogP contribution is -2.45. The van der Waals surface area contributed by atoms with Gasteiger partial charge in [0.1, 0.15) is 6.04 Å². The maximum Gasteiger partial charge on any atom is 0.243 e. The lowest BCUT2D eigenvalue weighted by molar-refractivity contribution is -0.138. The predicted molar refractivity (Wildman–Crippen MR) is 99.9 cm³/mol. The Morgan fingerprint density at radius 2 is 2.04 bits per heavy atom. The molecular weight excluding hydrogens is 314 g/mol. The van der Waals surface area contributed by atoms with Crippen LogP contribution >= 0.6 is 0 Å². The minimum atomic E-state index is -0.298. The quantitative estimate of drug-likeness (QED) is 0.788. The average molecular weight is 345 g/mol. The summed E-state index contributed by atoms with van der Waals surface area (Å²) in [4.78, 5) is 28.7. The van der Waals surface area contributed by atoms with Crippen LogP contribution in [-0.2, 0) is 22.7 Å². The molecule has 0 spiro atoms. The van der Waals surface area contributed by atoms with E-state index in [1.807, 2.05) is 19.1 Å². The molecule has 25 heavy (non-hydrogen) atoms. The van der Waals surface area contributed by atoms with Crippen LogP contribution < -0.4 is 5.32 Å². The molecule has 2 rings (SSSR count). The number of nitrogens with one attached hydrogen (secondary N) is 1. The molecule has 1 heterocycles. The molecule has 5 heteroatoms.